The average Bonchev–Trinajstić information content (AvgIpc) is 2.74. The number of aromatic nitrogens is 1. The monoisotopic (exact) mass is 449 g/mol. The highest BCUT2D eigenvalue weighted by molar-refractivity contribution is 6.30. The van der Waals surface area contributed by atoms with Crippen LogP contribution in [-0.2, 0) is 13.1 Å². The third-order valence-corrected chi connectivity index (χ3v) is 5.09. The Labute approximate surface area is 189 Å². The fraction of sp³-hybridized carbons (Fsp3) is 0.455. The maximum Gasteiger partial charge on any atom is 0.203 e. The van der Waals surface area contributed by atoms with E-state index < -0.39 is 0 Å². The minimum atomic E-state index is 0.117. The van der Waals surface area contributed by atoms with Crippen molar-refractivity contribution < 1.29 is 14.2 Å². The summed E-state index contributed by atoms with van der Waals surface area (Å²) >= 11 is 6.39. The highest BCUT2D eigenvalue weighted by Crippen LogP contribution is 2.38. The van der Waals surface area contributed by atoms with Crippen LogP contribution >= 0.6 is 11.6 Å². The molecule has 0 atom stereocenters. The van der Waals surface area contributed by atoms with Gasteiger partial charge in [0.1, 0.15) is 5.15 Å². The van der Waals surface area contributed by atoms with Crippen molar-refractivity contribution >= 4 is 17.6 Å². The first-order chi connectivity index (χ1) is 14.9. The highest BCUT2D eigenvalue weighted by Gasteiger charge is 2.16. The first kappa shape index (κ1) is 24.6. The van der Waals surface area contributed by atoms with Crippen molar-refractivity contribution in [1.82, 2.24) is 9.88 Å². The zero-order valence-electron chi connectivity index (χ0n) is 18.7. The summed E-state index contributed by atoms with van der Waals surface area (Å²) in [7, 11) is 4.82. The van der Waals surface area contributed by atoms with E-state index in [-0.39, 0.29) is 5.96 Å². The Kier molecular flexibility index (Phi) is 9.68. The molecule has 0 aliphatic heterocycles. The van der Waals surface area contributed by atoms with Gasteiger partial charge in [0.25, 0.3) is 0 Å². The number of benzene rings is 1. The zero-order chi connectivity index (χ0) is 22.8. The predicted octanol–water partition coefficient (Wildman–Crippen LogP) is 3.13. The molecule has 0 saturated heterocycles. The van der Waals surface area contributed by atoms with E-state index in [1.54, 1.807) is 21.3 Å². The van der Waals surface area contributed by atoms with Gasteiger partial charge in [-0.25, -0.2) is 4.98 Å². The SMILES string of the molecule is COc1cc(CN(CCCCN=C(N)N)Cc2ccc(C)nc2Cl)cc(OC)c1OC. The van der Waals surface area contributed by atoms with Gasteiger partial charge in [-0.1, -0.05) is 17.7 Å². The number of methoxy groups -OCH3 is 3. The molecule has 1 heterocycles. The summed E-state index contributed by atoms with van der Waals surface area (Å²) in [5.41, 5.74) is 13.7. The van der Waals surface area contributed by atoms with E-state index in [0.717, 1.165) is 36.2 Å². The van der Waals surface area contributed by atoms with Crippen molar-refractivity contribution in [2.45, 2.75) is 32.9 Å². The number of unbranched alkanes of at least 4 members (excludes halogenated alkanes) is 1. The van der Waals surface area contributed by atoms with Gasteiger partial charge in [-0.3, -0.25) is 9.89 Å². The number of hydrogen-bond donors (Lipinski definition) is 2. The van der Waals surface area contributed by atoms with Gasteiger partial charge in [0.2, 0.25) is 5.75 Å². The number of hydrogen-bond acceptors (Lipinski definition) is 6. The molecule has 0 saturated carbocycles. The van der Waals surface area contributed by atoms with E-state index in [2.05, 4.69) is 14.9 Å². The van der Waals surface area contributed by atoms with E-state index in [1.165, 1.54) is 0 Å². The van der Waals surface area contributed by atoms with Gasteiger partial charge in [0.15, 0.2) is 17.5 Å². The molecule has 31 heavy (non-hydrogen) atoms. The van der Waals surface area contributed by atoms with Crippen molar-refractivity contribution in [3.05, 3.63) is 46.2 Å². The Bertz CT molecular complexity index is 862. The molecule has 2 rings (SSSR count). The van der Waals surface area contributed by atoms with Gasteiger partial charge < -0.3 is 25.7 Å². The quantitative estimate of drug-likeness (QED) is 0.222. The van der Waals surface area contributed by atoms with Crippen LogP contribution in [0, 0.1) is 6.92 Å². The largest absolute Gasteiger partial charge is 0.493 e. The number of pyridine rings is 1. The van der Waals surface area contributed by atoms with E-state index in [0.29, 0.717) is 42.0 Å². The van der Waals surface area contributed by atoms with Gasteiger partial charge in [-0.05, 0) is 50.1 Å². The number of nitrogens with zero attached hydrogens (tertiary/aromatic N) is 3. The van der Waals surface area contributed by atoms with Crippen LogP contribution < -0.4 is 25.7 Å². The molecule has 0 aliphatic carbocycles. The second-order valence-electron chi connectivity index (χ2n) is 7.16. The van der Waals surface area contributed by atoms with E-state index in [4.69, 9.17) is 37.3 Å². The fourth-order valence-electron chi connectivity index (χ4n) is 3.27. The molecule has 1 aromatic heterocycles. The van der Waals surface area contributed by atoms with Crippen LogP contribution in [0.5, 0.6) is 17.2 Å². The number of ether oxygens (including phenoxy) is 3. The van der Waals surface area contributed by atoms with Crippen molar-refractivity contribution in [3.63, 3.8) is 0 Å². The van der Waals surface area contributed by atoms with E-state index in [1.807, 2.05) is 31.2 Å². The van der Waals surface area contributed by atoms with Gasteiger partial charge >= 0.3 is 0 Å². The zero-order valence-corrected chi connectivity index (χ0v) is 19.4. The molecule has 0 spiro atoms. The Morgan fingerprint density at radius 3 is 2.26 bits per heavy atom. The lowest BCUT2D eigenvalue weighted by Gasteiger charge is -2.24. The minimum absolute atomic E-state index is 0.117. The maximum absolute atomic E-state index is 6.39. The lowest BCUT2D eigenvalue weighted by molar-refractivity contribution is 0.250. The van der Waals surface area contributed by atoms with E-state index in [9.17, 15) is 0 Å². The highest BCUT2D eigenvalue weighted by atomic mass is 35.5. The van der Waals surface area contributed by atoms with Gasteiger partial charge in [-0.2, -0.15) is 0 Å². The molecule has 0 bridgehead atoms. The molecule has 0 fully saturated rings. The van der Waals surface area contributed by atoms with Gasteiger partial charge in [0.05, 0.1) is 21.3 Å². The molecular formula is C22H32ClN5O3. The van der Waals surface area contributed by atoms with Gasteiger partial charge in [0, 0.05) is 30.9 Å². The van der Waals surface area contributed by atoms with Gasteiger partial charge in [-0.15, -0.1) is 0 Å². The molecule has 170 valence electrons. The number of aryl methyl sites for hydroxylation is 1. The van der Waals surface area contributed by atoms with Crippen LogP contribution in [0.3, 0.4) is 0 Å². The minimum Gasteiger partial charge on any atom is -0.493 e. The Morgan fingerprint density at radius 2 is 1.71 bits per heavy atom. The molecule has 0 amide bonds. The third kappa shape index (κ3) is 7.48. The Balaban J connectivity index is 2.21. The number of nitrogens with two attached hydrogens (primary N) is 2. The van der Waals surface area contributed by atoms with Crippen LogP contribution in [0.2, 0.25) is 5.15 Å². The lowest BCUT2D eigenvalue weighted by atomic mass is 10.1. The molecule has 2 aromatic rings. The predicted molar refractivity (Wildman–Crippen MR) is 124 cm³/mol. The molecular weight excluding hydrogens is 418 g/mol. The normalized spacial score (nSPS) is 10.8. The van der Waals surface area contributed by atoms with Crippen molar-refractivity contribution in [1.29, 1.82) is 0 Å². The van der Waals surface area contributed by atoms with Crippen LogP contribution in [0.15, 0.2) is 29.3 Å². The molecule has 1 aromatic carbocycles. The second kappa shape index (κ2) is 12.2. The number of rotatable bonds is 12. The molecule has 4 N–H and O–H groups in total. The summed E-state index contributed by atoms with van der Waals surface area (Å²) in [6.45, 7) is 4.69. The van der Waals surface area contributed by atoms with Crippen LogP contribution in [0.4, 0.5) is 0 Å². The third-order valence-electron chi connectivity index (χ3n) is 4.77. The summed E-state index contributed by atoms with van der Waals surface area (Å²) in [6, 6.07) is 7.91. The lowest BCUT2D eigenvalue weighted by Crippen LogP contribution is -2.25. The molecule has 0 radical (unpaired) electrons. The summed E-state index contributed by atoms with van der Waals surface area (Å²) in [5.74, 6) is 1.94. The number of halogens is 1. The molecule has 0 unspecified atom stereocenters. The van der Waals surface area contributed by atoms with Crippen LogP contribution in [0.1, 0.15) is 29.7 Å². The summed E-state index contributed by atoms with van der Waals surface area (Å²) in [6.07, 6.45) is 1.81. The Morgan fingerprint density at radius 1 is 1.03 bits per heavy atom. The Hall–Kier alpha value is -2.71. The smallest absolute Gasteiger partial charge is 0.203 e. The molecule has 9 heteroatoms. The standard InChI is InChI=1S/C22H32ClN5O3/c1-15-7-8-17(21(23)27-15)14-28(10-6-5-9-26-22(24)25)13-16-11-18(29-2)20(31-4)19(12-16)30-3/h7-8,11-12H,5-6,9-10,13-14H2,1-4H3,(H4,24,25,26). The molecule has 0 aliphatic rings. The average molecular weight is 450 g/mol. The first-order valence-corrected chi connectivity index (χ1v) is 10.4. The van der Waals surface area contributed by atoms with Crippen molar-refractivity contribution in [2.24, 2.45) is 16.5 Å². The fourth-order valence-corrected chi connectivity index (χ4v) is 3.52. The summed E-state index contributed by atoms with van der Waals surface area (Å²) < 4.78 is 16.4. The second-order valence-corrected chi connectivity index (χ2v) is 7.52. The summed E-state index contributed by atoms with van der Waals surface area (Å²) in [5, 5.41) is 0.524. The number of guanidine groups is 1. The maximum atomic E-state index is 6.39. The topological polar surface area (TPSA) is 108 Å². The summed E-state index contributed by atoms with van der Waals surface area (Å²) in [4.78, 5) is 10.7. The van der Waals surface area contributed by atoms with Crippen molar-refractivity contribution in [3.8, 4) is 17.2 Å². The van der Waals surface area contributed by atoms with Crippen LogP contribution in [0.25, 0.3) is 0 Å². The number of aliphatic imine (C=N–C) groups is 1. The van der Waals surface area contributed by atoms with Crippen molar-refractivity contribution in [2.75, 3.05) is 34.4 Å². The van der Waals surface area contributed by atoms with Crippen LogP contribution in [-0.4, -0.2) is 50.3 Å². The first-order valence-electron chi connectivity index (χ1n) is 10.1. The van der Waals surface area contributed by atoms with E-state index >= 15 is 0 Å². The molecule has 8 nitrogen and oxygen atoms in total.